The fourth-order valence-electron chi connectivity index (χ4n) is 6.28. The van der Waals surface area contributed by atoms with Gasteiger partial charge in [-0.1, -0.05) is 19.8 Å². The largest absolute Gasteiger partial charge is 0.391 e. The van der Waals surface area contributed by atoms with Crippen molar-refractivity contribution >= 4 is 11.8 Å². The summed E-state index contributed by atoms with van der Waals surface area (Å²) in [6.07, 6.45) is 9.49. The topological polar surface area (TPSA) is 84.9 Å². The van der Waals surface area contributed by atoms with Crippen LogP contribution in [-0.2, 0) is 9.59 Å². The highest BCUT2D eigenvalue weighted by Crippen LogP contribution is 2.37. The third kappa shape index (κ3) is 3.46. The number of hydrogen-bond donors (Lipinski definition) is 3. The van der Waals surface area contributed by atoms with Crippen LogP contribution in [0.25, 0.3) is 0 Å². The molecule has 0 aromatic carbocycles. The number of hydrogen-bond acceptors (Lipinski definition) is 6. The second-order valence-corrected chi connectivity index (χ2v) is 9.91. The summed E-state index contributed by atoms with van der Waals surface area (Å²) in [6.45, 7) is 2.55. The van der Waals surface area contributed by atoms with E-state index in [1.807, 2.05) is 0 Å². The molecule has 2 aliphatic heterocycles. The van der Waals surface area contributed by atoms with Gasteiger partial charge in [-0.3, -0.25) is 14.5 Å². The number of nitrogens with zero attached hydrogens (tertiary/aromatic N) is 2. The van der Waals surface area contributed by atoms with Gasteiger partial charge in [0, 0.05) is 35.7 Å². The Kier molecular flexibility index (Phi) is 5.26. The van der Waals surface area contributed by atoms with Gasteiger partial charge < -0.3 is 5.11 Å². The Labute approximate surface area is 172 Å². The lowest BCUT2D eigenvalue weighted by molar-refractivity contribution is -0.140. The van der Waals surface area contributed by atoms with E-state index in [-0.39, 0.29) is 23.8 Å². The first-order valence-corrected chi connectivity index (χ1v) is 11.6. The number of hydrazine groups is 2. The predicted molar refractivity (Wildman–Crippen MR) is 108 cm³/mol. The lowest BCUT2D eigenvalue weighted by Gasteiger charge is -2.43. The molecule has 0 aromatic heterocycles. The molecule has 160 valence electrons. The first-order chi connectivity index (χ1) is 14.0. The van der Waals surface area contributed by atoms with E-state index in [9.17, 15) is 14.7 Å². The van der Waals surface area contributed by atoms with Crippen molar-refractivity contribution in [3.8, 4) is 0 Å². The SMILES string of the molecule is CC1CC(CN2C(=O)C3=C(CCCC3)C2=O)C(O)C(N2NC3CCCCC3N2)C1. The molecule has 2 saturated carbocycles. The molecule has 0 radical (unpaired) electrons. The van der Waals surface area contributed by atoms with Crippen LogP contribution in [0, 0.1) is 11.8 Å². The highest BCUT2D eigenvalue weighted by Gasteiger charge is 2.46. The van der Waals surface area contributed by atoms with Gasteiger partial charge in [0.05, 0.1) is 12.1 Å². The van der Waals surface area contributed by atoms with Gasteiger partial charge in [-0.05, 0) is 57.3 Å². The molecule has 5 aliphatic rings. The zero-order valence-corrected chi connectivity index (χ0v) is 17.4. The number of aliphatic hydroxyl groups is 1. The van der Waals surface area contributed by atoms with Crippen molar-refractivity contribution in [3.05, 3.63) is 11.1 Å². The molecular formula is C22H34N4O3. The molecule has 2 amide bonds. The summed E-state index contributed by atoms with van der Waals surface area (Å²) in [6, 6.07) is 0.860. The summed E-state index contributed by atoms with van der Waals surface area (Å²) in [5.41, 5.74) is 8.66. The second kappa shape index (κ2) is 7.76. The molecule has 0 spiro atoms. The minimum atomic E-state index is -0.565. The lowest BCUT2D eigenvalue weighted by Crippen LogP contribution is -2.59. The molecule has 7 heteroatoms. The Morgan fingerprint density at radius 2 is 1.52 bits per heavy atom. The van der Waals surface area contributed by atoms with Crippen LogP contribution >= 0.6 is 0 Å². The first-order valence-electron chi connectivity index (χ1n) is 11.6. The highest BCUT2D eigenvalue weighted by atomic mass is 16.3. The Balaban J connectivity index is 1.28. The average molecular weight is 403 g/mol. The molecule has 3 N–H and O–H groups in total. The zero-order valence-electron chi connectivity index (χ0n) is 17.4. The van der Waals surface area contributed by atoms with Crippen LogP contribution in [0.15, 0.2) is 11.1 Å². The molecule has 5 rings (SSSR count). The van der Waals surface area contributed by atoms with Crippen molar-refractivity contribution in [3.63, 3.8) is 0 Å². The standard InChI is InChI=1S/C22H34N4O3/c1-13-10-14(12-25-21(28)15-6-2-3-7-16(15)22(25)29)20(27)19(11-13)26-23-17-8-4-5-9-18(17)24-26/h13-14,17-20,23-24,27H,2-12H2,1H3. The molecule has 1 saturated heterocycles. The third-order valence-corrected chi connectivity index (χ3v) is 7.83. The van der Waals surface area contributed by atoms with Crippen molar-refractivity contribution in [2.45, 2.75) is 95.4 Å². The van der Waals surface area contributed by atoms with Gasteiger partial charge in [0.25, 0.3) is 11.8 Å². The fourth-order valence-corrected chi connectivity index (χ4v) is 6.28. The van der Waals surface area contributed by atoms with Gasteiger partial charge in [0.15, 0.2) is 0 Å². The molecule has 6 unspecified atom stereocenters. The molecule has 3 fully saturated rings. The Morgan fingerprint density at radius 1 is 0.931 bits per heavy atom. The van der Waals surface area contributed by atoms with Crippen molar-refractivity contribution < 1.29 is 14.7 Å². The maximum atomic E-state index is 12.9. The number of nitrogens with one attached hydrogen (secondary N) is 2. The quantitative estimate of drug-likeness (QED) is 0.623. The van der Waals surface area contributed by atoms with Gasteiger partial charge >= 0.3 is 0 Å². The number of carbonyl (C=O) groups is 2. The number of carbonyl (C=O) groups excluding carboxylic acids is 2. The van der Waals surface area contributed by atoms with Gasteiger partial charge in [0.2, 0.25) is 0 Å². The third-order valence-electron chi connectivity index (χ3n) is 7.83. The van der Waals surface area contributed by atoms with E-state index < -0.39 is 6.10 Å². The molecule has 3 aliphatic carbocycles. The lowest BCUT2D eigenvalue weighted by atomic mass is 9.77. The number of imide groups is 1. The van der Waals surface area contributed by atoms with Crippen LogP contribution in [0.2, 0.25) is 0 Å². The van der Waals surface area contributed by atoms with Gasteiger partial charge in [-0.25, -0.2) is 10.9 Å². The summed E-state index contributed by atoms with van der Waals surface area (Å²) in [4.78, 5) is 27.1. The van der Waals surface area contributed by atoms with Crippen molar-refractivity contribution in [1.29, 1.82) is 0 Å². The second-order valence-electron chi connectivity index (χ2n) is 9.91. The van der Waals surface area contributed by atoms with Crippen LogP contribution in [0.5, 0.6) is 0 Å². The summed E-state index contributed by atoms with van der Waals surface area (Å²) >= 11 is 0. The number of amides is 2. The highest BCUT2D eigenvalue weighted by molar-refractivity contribution is 6.19. The van der Waals surface area contributed by atoms with E-state index in [4.69, 9.17) is 0 Å². The molecule has 6 atom stereocenters. The predicted octanol–water partition coefficient (Wildman–Crippen LogP) is 1.64. The minimum absolute atomic E-state index is 0.0373. The maximum Gasteiger partial charge on any atom is 0.257 e. The number of fused-ring (bicyclic) bond motifs is 1. The van der Waals surface area contributed by atoms with Crippen LogP contribution < -0.4 is 10.9 Å². The van der Waals surface area contributed by atoms with Gasteiger partial charge in [0.1, 0.15) is 0 Å². The van der Waals surface area contributed by atoms with Crippen LogP contribution in [-0.4, -0.2) is 57.7 Å². The smallest absolute Gasteiger partial charge is 0.257 e. The van der Waals surface area contributed by atoms with E-state index in [2.05, 4.69) is 22.9 Å². The maximum absolute atomic E-state index is 12.9. The van der Waals surface area contributed by atoms with Crippen LogP contribution in [0.4, 0.5) is 0 Å². The molecule has 0 aromatic rings. The monoisotopic (exact) mass is 402 g/mol. The molecular weight excluding hydrogens is 368 g/mol. The van der Waals surface area contributed by atoms with Gasteiger partial charge in [-0.2, -0.15) is 5.12 Å². The van der Waals surface area contributed by atoms with Crippen molar-refractivity contribution in [2.75, 3.05) is 6.54 Å². The molecule has 29 heavy (non-hydrogen) atoms. The fraction of sp³-hybridized carbons (Fsp3) is 0.818. The molecule has 0 bridgehead atoms. The van der Waals surface area contributed by atoms with E-state index in [1.165, 1.54) is 30.6 Å². The first kappa shape index (κ1) is 19.7. The van der Waals surface area contributed by atoms with E-state index in [1.54, 1.807) is 0 Å². The van der Waals surface area contributed by atoms with Crippen LogP contribution in [0.1, 0.15) is 71.1 Å². The van der Waals surface area contributed by atoms with E-state index in [0.29, 0.717) is 24.5 Å². The summed E-state index contributed by atoms with van der Waals surface area (Å²) in [7, 11) is 0. The Morgan fingerprint density at radius 3 is 2.10 bits per heavy atom. The molecule has 7 nitrogen and oxygen atoms in total. The summed E-state index contributed by atoms with van der Waals surface area (Å²) < 4.78 is 0. The summed E-state index contributed by atoms with van der Waals surface area (Å²) in [5, 5.41) is 13.3. The normalized spacial score (nSPS) is 41.1. The van der Waals surface area contributed by atoms with Crippen LogP contribution in [0.3, 0.4) is 0 Å². The van der Waals surface area contributed by atoms with Crippen molar-refractivity contribution in [2.24, 2.45) is 11.8 Å². The van der Waals surface area contributed by atoms with Crippen molar-refractivity contribution in [1.82, 2.24) is 20.9 Å². The van der Waals surface area contributed by atoms with E-state index in [0.717, 1.165) is 49.7 Å². The average Bonchev–Trinajstić information content (AvgIpc) is 3.26. The Bertz CT molecular complexity index is 681. The molecule has 2 heterocycles. The number of aliphatic hydroxyl groups excluding tert-OH is 1. The summed E-state index contributed by atoms with van der Waals surface area (Å²) in [5.74, 6) is 0.157. The Hall–Kier alpha value is -1.28. The minimum Gasteiger partial charge on any atom is -0.391 e. The van der Waals surface area contributed by atoms with E-state index >= 15 is 0 Å². The van der Waals surface area contributed by atoms with Gasteiger partial charge in [-0.15, -0.1) is 0 Å². The number of rotatable bonds is 3. The zero-order chi connectivity index (χ0) is 20.1.